The van der Waals surface area contributed by atoms with E-state index >= 15 is 0 Å². The monoisotopic (exact) mass is 408 g/mol. The molecule has 0 saturated carbocycles. The number of likely N-dealkylation sites (tertiary alicyclic amines) is 1. The lowest BCUT2D eigenvalue weighted by Crippen LogP contribution is -2.39. The van der Waals surface area contributed by atoms with Gasteiger partial charge in [-0.1, -0.05) is 12.1 Å². The van der Waals surface area contributed by atoms with Crippen LogP contribution in [0.3, 0.4) is 0 Å². The summed E-state index contributed by atoms with van der Waals surface area (Å²) in [5, 5.41) is 2.71. The van der Waals surface area contributed by atoms with E-state index in [9.17, 15) is 18.8 Å². The van der Waals surface area contributed by atoms with Crippen LogP contribution < -0.4 is 10.1 Å². The molecule has 2 aromatic carbocycles. The number of benzene rings is 2. The standard InChI is InChI=1S/C23H21FN2O4/c24-18-5-1-15(2-6-18)3-8-22(28)26-11-9-16(10-12-26)23(29)17-4-7-20-19(13-17)25-21(27)14-30-20/h1-8,13,16H,9-12,14H2,(H,25,27)/b8-3+. The van der Waals surface area contributed by atoms with E-state index in [-0.39, 0.29) is 35.9 Å². The molecule has 2 amide bonds. The number of rotatable bonds is 4. The molecule has 2 aliphatic rings. The third-order valence-corrected chi connectivity index (χ3v) is 5.36. The summed E-state index contributed by atoms with van der Waals surface area (Å²) in [5.74, 6) is -0.301. The Kier molecular flexibility index (Phi) is 5.61. The summed E-state index contributed by atoms with van der Waals surface area (Å²) in [6.45, 7) is 0.962. The number of anilines is 1. The first kappa shape index (κ1) is 19.8. The van der Waals surface area contributed by atoms with Crippen molar-refractivity contribution in [1.82, 2.24) is 4.90 Å². The van der Waals surface area contributed by atoms with Gasteiger partial charge in [-0.2, -0.15) is 0 Å². The summed E-state index contributed by atoms with van der Waals surface area (Å²) >= 11 is 0. The van der Waals surface area contributed by atoms with Crippen molar-refractivity contribution in [2.75, 3.05) is 25.0 Å². The molecule has 1 fully saturated rings. The Hall–Kier alpha value is -3.48. The van der Waals surface area contributed by atoms with Gasteiger partial charge < -0.3 is 15.0 Å². The highest BCUT2D eigenvalue weighted by Gasteiger charge is 2.28. The zero-order valence-electron chi connectivity index (χ0n) is 16.3. The Bertz CT molecular complexity index is 1010. The summed E-state index contributed by atoms with van der Waals surface area (Å²) in [4.78, 5) is 38.5. The maximum Gasteiger partial charge on any atom is 0.262 e. The van der Waals surface area contributed by atoms with Crippen LogP contribution in [0.1, 0.15) is 28.8 Å². The van der Waals surface area contributed by atoms with Crippen molar-refractivity contribution in [2.24, 2.45) is 5.92 Å². The summed E-state index contributed by atoms with van der Waals surface area (Å²) in [6.07, 6.45) is 4.29. The van der Waals surface area contributed by atoms with E-state index in [0.717, 1.165) is 5.56 Å². The highest BCUT2D eigenvalue weighted by atomic mass is 19.1. The lowest BCUT2D eigenvalue weighted by Gasteiger charge is -2.30. The van der Waals surface area contributed by atoms with Crippen LogP contribution in [-0.4, -0.2) is 42.2 Å². The minimum Gasteiger partial charge on any atom is -0.482 e. The fourth-order valence-corrected chi connectivity index (χ4v) is 3.68. The van der Waals surface area contributed by atoms with E-state index in [0.29, 0.717) is 42.9 Å². The van der Waals surface area contributed by atoms with Crippen LogP contribution >= 0.6 is 0 Å². The molecule has 2 aliphatic heterocycles. The van der Waals surface area contributed by atoms with Crippen LogP contribution in [0, 0.1) is 11.7 Å². The molecule has 6 nitrogen and oxygen atoms in total. The van der Waals surface area contributed by atoms with E-state index in [4.69, 9.17) is 4.74 Å². The van der Waals surface area contributed by atoms with E-state index in [1.165, 1.54) is 18.2 Å². The van der Waals surface area contributed by atoms with Crippen molar-refractivity contribution in [2.45, 2.75) is 12.8 Å². The summed E-state index contributed by atoms with van der Waals surface area (Å²) in [5.41, 5.74) is 1.79. The van der Waals surface area contributed by atoms with Gasteiger partial charge in [-0.05, 0) is 54.8 Å². The highest BCUT2D eigenvalue weighted by Crippen LogP contribution is 2.30. The Labute approximate surface area is 173 Å². The average molecular weight is 408 g/mol. The van der Waals surface area contributed by atoms with Crippen LogP contribution in [0.4, 0.5) is 10.1 Å². The molecule has 1 saturated heterocycles. The molecule has 1 N–H and O–H groups in total. The van der Waals surface area contributed by atoms with Crippen molar-refractivity contribution in [3.63, 3.8) is 0 Å². The first-order valence-corrected chi connectivity index (χ1v) is 9.83. The predicted octanol–water partition coefficient (Wildman–Crippen LogP) is 3.29. The average Bonchev–Trinajstić information content (AvgIpc) is 2.77. The SMILES string of the molecule is O=C1COc2ccc(C(=O)C3CCN(C(=O)/C=C/c4ccc(F)cc4)CC3)cc2N1. The fraction of sp³-hybridized carbons (Fsp3) is 0.261. The van der Waals surface area contributed by atoms with Crippen LogP contribution in [0.2, 0.25) is 0 Å². The zero-order valence-corrected chi connectivity index (χ0v) is 16.3. The van der Waals surface area contributed by atoms with Crippen LogP contribution in [0.15, 0.2) is 48.5 Å². The quantitative estimate of drug-likeness (QED) is 0.622. The second-order valence-electron chi connectivity index (χ2n) is 7.40. The molecule has 7 heteroatoms. The van der Waals surface area contributed by atoms with Crippen molar-refractivity contribution in [3.05, 3.63) is 65.5 Å². The van der Waals surface area contributed by atoms with E-state index in [2.05, 4.69) is 5.32 Å². The number of carbonyl (C=O) groups excluding carboxylic acids is 3. The molecule has 4 rings (SSSR count). The lowest BCUT2D eigenvalue weighted by atomic mass is 9.88. The van der Waals surface area contributed by atoms with Crippen LogP contribution in [-0.2, 0) is 9.59 Å². The number of nitrogens with zero attached hydrogens (tertiary/aromatic N) is 1. The molecule has 0 unspecified atom stereocenters. The van der Waals surface area contributed by atoms with Gasteiger partial charge in [-0.25, -0.2) is 4.39 Å². The summed E-state index contributed by atoms with van der Waals surface area (Å²) < 4.78 is 18.3. The zero-order chi connectivity index (χ0) is 21.1. The molecule has 0 aliphatic carbocycles. The molecule has 154 valence electrons. The maximum absolute atomic E-state index is 12.9. The van der Waals surface area contributed by atoms with E-state index in [1.54, 1.807) is 41.3 Å². The van der Waals surface area contributed by atoms with Crippen molar-refractivity contribution < 1.29 is 23.5 Å². The number of fused-ring (bicyclic) bond motifs is 1. The van der Waals surface area contributed by atoms with Gasteiger partial charge in [0, 0.05) is 30.6 Å². The topological polar surface area (TPSA) is 75.7 Å². The Morgan fingerprint density at radius 2 is 1.83 bits per heavy atom. The largest absolute Gasteiger partial charge is 0.482 e. The Morgan fingerprint density at radius 3 is 2.57 bits per heavy atom. The normalized spacial score (nSPS) is 16.7. The second-order valence-corrected chi connectivity index (χ2v) is 7.40. The first-order chi connectivity index (χ1) is 14.5. The Balaban J connectivity index is 1.34. The van der Waals surface area contributed by atoms with Crippen LogP contribution in [0.25, 0.3) is 6.08 Å². The predicted molar refractivity (Wildman–Crippen MR) is 110 cm³/mol. The van der Waals surface area contributed by atoms with E-state index in [1.807, 2.05) is 0 Å². The number of amides is 2. The lowest BCUT2D eigenvalue weighted by molar-refractivity contribution is -0.127. The maximum atomic E-state index is 12.9. The second kappa shape index (κ2) is 8.49. The number of ether oxygens (including phenoxy) is 1. The fourth-order valence-electron chi connectivity index (χ4n) is 3.68. The van der Waals surface area contributed by atoms with Gasteiger partial charge in [0.15, 0.2) is 12.4 Å². The number of carbonyl (C=O) groups is 3. The van der Waals surface area contributed by atoms with Gasteiger partial charge in [0.05, 0.1) is 5.69 Å². The van der Waals surface area contributed by atoms with Gasteiger partial charge in [0.25, 0.3) is 5.91 Å². The molecule has 2 heterocycles. The molecule has 0 radical (unpaired) electrons. The molecule has 0 spiro atoms. The van der Waals surface area contributed by atoms with Crippen molar-refractivity contribution in [3.8, 4) is 5.75 Å². The minimum absolute atomic E-state index is 0.00609. The number of hydrogen-bond acceptors (Lipinski definition) is 4. The van der Waals surface area contributed by atoms with Crippen LogP contribution in [0.5, 0.6) is 5.75 Å². The highest BCUT2D eigenvalue weighted by molar-refractivity contribution is 6.02. The number of piperidine rings is 1. The summed E-state index contributed by atoms with van der Waals surface area (Å²) in [6, 6.07) is 11.0. The minimum atomic E-state index is -0.320. The smallest absolute Gasteiger partial charge is 0.262 e. The first-order valence-electron chi connectivity index (χ1n) is 9.83. The molecule has 0 bridgehead atoms. The molecule has 0 aromatic heterocycles. The van der Waals surface area contributed by atoms with Gasteiger partial charge >= 0.3 is 0 Å². The van der Waals surface area contributed by atoms with Gasteiger partial charge in [-0.3, -0.25) is 14.4 Å². The number of hydrogen-bond donors (Lipinski definition) is 1. The number of halogens is 1. The third kappa shape index (κ3) is 4.40. The van der Waals surface area contributed by atoms with Gasteiger partial charge in [-0.15, -0.1) is 0 Å². The van der Waals surface area contributed by atoms with Gasteiger partial charge in [0.2, 0.25) is 5.91 Å². The molecular weight excluding hydrogens is 387 g/mol. The van der Waals surface area contributed by atoms with E-state index < -0.39 is 0 Å². The molecular formula is C23H21FN2O4. The number of nitrogens with one attached hydrogen (secondary N) is 1. The molecule has 30 heavy (non-hydrogen) atoms. The number of Topliss-reactive ketones (excluding diaryl/α,β-unsaturated/α-hetero) is 1. The molecule has 0 atom stereocenters. The summed E-state index contributed by atoms with van der Waals surface area (Å²) in [7, 11) is 0. The van der Waals surface area contributed by atoms with Crippen molar-refractivity contribution in [1.29, 1.82) is 0 Å². The van der Waals surface area contributed by atoms with Crippen molar-refractivity contribution >= 4 is 29.4 Å². The molecule has 2 aromatic rings. The third-order valence-electron chi connectivity index (χ3n) is 5.36. The van der Waals surface area contributed by atoms with Gasteiger partial charge in [0.1, 0.15) is 11.6 Å². The number of ketones is 1. The Morgan fingerprint density at radius 1 is 1.10 bits per heavy atom.